The Morgan fingerprint density at radius 2 is 1.67 bits per heavy atom. The lowest BCUT2D eigenvalue weighted by molar-refractivity contribution is 0.593. The summed E-state index contributed by atoms with van der Waals surface area (Å²) in [6.45, 7) is 2.21. The topological polar surface area (TPSA) is 59.4 Å². The molecule has 0 saturated heterocycles. The number of fused-ring (bicyclic) bond motifs is 3. The molecule has 0 radical (unpaired) electrons. The third-order valence-corrected chi connectivity index (χ3v) is 6.83. The highest BCUT2D eigenvalue weighted by Crippen LogP contribution is 2.34. The molecular formula is C21H20N2O3S. The minimum absolute atomic E-state index is 0.0873. The van der Waals surface area contributed by atoms with Crippen molar-refractivity contribution in [1.82, 2.24) is 4.57 Å². The Balaban J connectivity index is 1.94. The van der Waals surface area contributed by atoms with Crippen molar-refractivity contribution >= 4 is 26.6 Å². The van der Waals surface area contributed by atoms with E-state index in [1.54, 1.807) is 48.0 Å². The van der Waals surface area contributed by atoms with E-state index in [2.05, 4.69) is 0 Å². The Morgan fingerprint density at radius 1 is 0.926 bits per heavy atom. The van der Waals surface area contributed by atoms with Gasteiger partial charge in [-0.1, -0.05) is 29.8 Å². The maximum Gasteiger partial charge on any atom is 0.264 e. The molecule has 3 aromatic rings. The van der Waals surface area contributed by atoms with Crippen LogP contribution in [0.4, 0.5) is 5.69 Å². The minimum Gasteiger partial charge on any atom is -0.311 e. The predicted molar refractivity (Wildman–Crippen MR) is 108 cm³/mol. The summed E-state index contributed by atoms with van der Waals surface area (Å²) < 4.78 is 29.6. The molecule has 1 aliphatic rings. The van der Waals surface area contributed by atoms with Crippen LogP contribution in [0.25, 0.3) is 10.9 Å². The van der Waals surface area contributed by atoms with Crippen LogP contribution in [0, 0.1) is 6.92 Å². The van der Waals surface area contributed by atoms with Gasteiger partial charge in [0.15, 0.2) is 0 Å². The van der Waals surface area contributed by atoms with Crippen molar-refractivity contribution in [1.29, 1.82) is 0 Å². The highest BCUT2D eigenvalue weighted by molar-refractivity contribution is 7.92. The molecule has 0 unspecified atom stereocenters. The first-order valence-electron chi connectivity index (χ1n) is 8.75. The summed E-state index contributed by atoms with van der Waals surface area (Å²) in [5.74, 6) is 0. The van der Waals surface area contributed by atoms with Gasteiger partial charge >= 0.3 is 0 Å². The fourth-order valence-electron chi connectivity index (χ4n) is 3.49. The van der Waals surface area contributed by atoms with Crippen LogP contribution in [-0.4, -0.2) is 19.5 Å². The number of anilines is 1. The second kappa shape index (κ2) is 6.39. The average Bonchev–Trinajstić information content (AvgIpc) is 2.88. The SMILES string of the molecule is Cc1ccc(S(=O)(=O)N2CC=CCc3c2ccc2c3ccc(=O)n2C)cc1. The third-order valence-electron chi connectivity index (χ3n) is 5.03. The number of hydrogen-bond acceptors (Lipinski definition) is 3. The Kier molecular flexibility index (Phi) is 4.15. The summed E-state index contributed by atoms with van der Waals surface area (Å²) in [6, 6.07) is 13.8. The van der Waals surface area contributed by atoms with E-state index < -0.39 is 10.0 Å². The Bertz CT molecular complexity index is 1220. The highest BCUT2D eigenvalue weighted by atomic mass is 32.2. The van der Waals surface area contributed by atoms with Gasteiger partial charge in [-0.25, -0.2) is 8.42 Å². The molecule has 6 heteroatoms. The van der Waals surface area contributed by atoms with Gasteiger partial charge in [-0.05, 0) is 49.2 Å². The molecule has 4 rings (SSSR count). The third kappa shape index (κ3) is 2.86. The molecule has 0 fully saturated rings. The number of pyridine rings is 1. The number of aryl methyl sites for hydroxylation is 2. The fraction of sp³-hybridized carbons (Fsp3) is 0.190. The molecule has 0 bridgehead atoms. The van der Waals surface area contributed by atoms with Gasteiger partial charge in [0.1, 0.15) is 0 Å². The first-order chi connectivity index (χ1) is 12.9. The lowest BCUT2D eigenvalue weighted by Gasteiger charge is -2.25. The van der Waals surface area contributed by atoms with E-state index >= 15 is 0 Å². The predicted octanol–water partition coefficient (Wildman–Crippen LogP) is 3.15. The second-order valence-corrected chi connectivity index (χ2v) is 8.61. The van der Waals surface area contributed by atoms with Crippen LogP contribution in [-0.2, 0) is 23.5 Å². The van der Waals surface area contributed by atoms with E-state index in [4.69, 9.17) is 0 Å². The molecule has 0 amide bonds. The monoisotopic (exact) mass is 380 g/mol. The van der Waals surface area contributed by atoms with Gasteiger partial charge in [0, 0.05) is 18.5 Å². The van der Waals surface area contributed by atoms with Gasteiger partial charge in [-0.3, -0.25) is 9.10 Å². The lowest BCUT2D eigenvalue weighted by Crippen LogP contribution is -2.31. The average molecular weight is 380 g/mol. The van der Waals surface area contributed by atoms with E-state index in [9.17, 15) is 13.2 Å². The summed E-state index contributed by atoms with van der Waals surface area (Å²) in [7, 11) is -1.96. The molecule has 1 aromatic heterocycles. The maximum atomic E-state index is 13.3. The van der Waals surface area contributed by atoms with Gasteiger partial charge < -0.3 is 4.57 Å². The summed E-state index contributed by atoms with van der Waals surface area (Å²) >= 11 is 0. The van der Waals surface area contributed by atoms with Crippen molar-refractivity contribution in [2.75, 3.05) is 10.8 Å². The zero-order chi connectivity index (χ0) is 19.2. The molecule has 0 atom stereocenters. The van der Waals surface area contributed by atoms with E-state index in [0.29, 0.717) is 12.1 Å². The minimum atomic E-state index is -3.69. The molecular weight excluding hydrogens is 360 g/mol. The number of allylic oxidation sites excluding steroid dienone is 1. The Labute approximate surface area is 158 Å². The molecule has 138 valence electrons. The number of aromatic nitrogens is 1. The van der Waals surface area contributed by atoms with E-state index in [1.807, 2.05) is 25.1 Å². The quantitative estimate of drug-likeness (QED) is 0.642. The van der Waals surface area contributed by atoms with Crippen molar-refractivity contribution in [3.8, 4) is 0 Å². The smallest absolute Gasteiger partial charge is 0.264 e. The molecule has 27 heavy (non-hydrogen) atoms. The molecule has 0 saturated carbocycles. The van der Waals surface area contributed by atoms with Gasteiger partial charge in [0.05, 0.1) is 22.6 Å². The van der Waals surface area contributed by atoms with E-state index in [0.717, 1.165) is 22.0 Å². The van der Waals surface area contributed by atoms with E-state index in [-0.39, 0.29) is 17.0 Å². The van der Waals surface area contributed by atoms with E-state index in [1.165, 1.54) is 10.4 Å². The molecule has 1 aliphatic heterocycles. The van der Waals surface area contributed by atoms with Crippen LogP contribution in [0.3, 0.4) is 0 Å². The second-order valence-electron chi connectivity index (χ2n) is 6.75. The normalized spacial score (nSPS) is 14.2. The maximum absolute atomic E-state index is 13.3. The van der Waals surface area contributed by atoms with Crippen LogP contribution in [0.15, 0.2) is 70.4 Å². The zero-order valence-electron chi connectivity index (χ0n) is 15.2. The number of sulfonamides is 1. The Morgan fingerprint density at radius 3 is 2.41 bits per heavy atom. The van der Waals surface area contributed by atoms with Crippen molar-refractivity contribution < 1.29 is 8.42 Å². The number of hydrogen-bond donors (Lipinski definition) is 0. The number of nitrogens with zero attached hydrogens (tertiary/aromatic N) is 2. The van der Waals surface area contributed by atoms with Crippen molar-refractivity contribution in [2.24, 2.45) is 7.05 Å². The molecule has 2 aromatic carbocycles. The van der Waals surface area contributed by atoms with Gasteiger partial charge in [-0.2, -0.15) is 0 Å². The summed E-state index contributed by atoms with van der Waals surface area (Å²) in [5, 5.41) is 0.894. The first-order valence-corrected chi connectivity index (χ1v) is 10.2. The van der Waals surface area contributed by atoms with Crippen LogP contribution in [0.1, 0.15) is 11.1 Å². The highest BCUT2D eigenvalue weighted by Gasteiger charge is 2.27. The van der Waals surface area contributed by atoms with Crippen LogP contribution in [0.2, 0.25) is 0 Å². The van der Waals surface area contributed by atoms with Crippen LogP contribution in [0.5, 0.6) is 0 Å². The number of benzene rings is 2. The van der Waals surface area contributed by atoms with Crippen LogP contribution >= 0.6 is 0 Å². The van der Waals surface area contributed by atoms with Gasteiger partial charge in [0.2, 0.25) is 0 Å². The standard InChI is InChI=1S/C21H20N2O3S/c1-15-6-8-16(9-7-15)27(25,26)23-14-4-3-5-17-18-10-13-21(24)22(2)19(18)11-12-20(17)23/h3-4,6-13H,5,14H2,1-2H3. The molecule has 0 N–H and O–H groups in total. The molecule has 5 nitrogen and oxygen atoms in total. The van der Waals surface area contributed by atoms with Gasteiger partial charge in [-0.15, -0.1) is 0 Å². The number of rotatable bonds is 2. The van der Waals surface area contributed by atoms with Crippen molar-refractivity contribution in [2.45, 2.75) is 18.2 Å². The fourth-order valence-corrected chi connectivity index (χ4v) is 4.93. The summed E-state index contributed by atoms with van der Waals surface area (Å²) in [5.41, 5.74) is 3.29. The first kappa shape index (κ1) is 17.5. The Hall–Kier alpha value is -2.86. The molecule has 2 heterocycles. The largest absolute Gasteiger partial charge is 0.311 e. The van der Waals surface area contributed by atoms with Gasteiger partial charge in [0.25, 0.3) is 15.6 Å². The summed E-state index contributed by atoms with van der Waals surface area (Å²) in [4.78, 5) is 12.2. The van der Waals surface area contributed by atoms with Crippen LogP contribution < -0.4 is 9.86 Å². The zero-order valence-corrected chi connectivity index (χ0v) is 16.0. The van der Waals surface area contributed by atoms with Crippen molar-refractivity contribution in [3.63, 3.8) is 0 Å². The molecule has 0 spiro atoms. The summed E-state index contributed by atoms with van der Waals surface area (Å²) in [6.07, 6.45) is 4.47. The molecule has 0 aliphatic carbocycles. The lowest BCUT2D eigenvalue weighted by atomic mass is 10.0. The van der Waals surface area contributed by atoms with Crippen molar-refractivity contribution in [3.05, 3.63) is 82.2 Å².